The van der Waals surface area contributed by atoms with E-state index in [1.807, 2.05) is 35.2 Å². The number of piperidine rings is 1. The number of hydrogen-bond donors (Lipinski definition) is 0. The van der Waals surface area contributed by atoms with Crippen molar-refractivity contribution in [2.45, 2.75) is 18.9 Å². The number of nitrogens with zero attached hydrogens (tertiary/aromatic N) is 5. The normalized spacial score (nSPS) is 15.1. The molecule has 2 aromatic heterocycles. The Hall–Kier alpha value is -3.22. The summed E-state index contributed by atoms with van der Waals surface area (Å²) in [5, 5.41) is 8.65. The van der Waals surface area contributed by atoms with E-state index in [1.54, 1.807) is 40.8 Å². The Morgan fingerprint density at radius 2 is 1.78 bits per heavy atom. The molecule has 3 heterocycles. The molecule has 0 saturated carbocycles. The lowest BCUT2D eigenvalue weighted by molar-refractivity contribution is 0.0677. The lowest BCUT2D eigenvalue weighted by atomic mass is 10.0. The monoisotopic (exact) mass is 363 g/mol. The number of aryl methyl sites for hydroxylation is 1. The number of likely N-dealkylation sites (tertiary alicyclic amines) is 1. The highest BCUT2D eigenvalue weighted by Gasteiger charge is 2.27. The van der Waals surface area contributed by atoms with Crippen molar-refractivity contribution in [2.75, 3.05) is 13.1 Å². The quantitative estimate of drug-likeness (QED) is 0.714. The number of hydrogen-bond acceptors (Lipinski definition) is 4. The predicted octanol–water partition coefficient (Wildman–Crippen LogP) is 2.12. The third kappa shape index (κ3) is 3.40. The number of carbonyl (C=O) groups excluding carboxylic acids is 1. The van der Waals surface area contributed by atoms with Crippen LogP contribution in [0.2, 0.25) is 0 Å². The van der Waals surface area contributed by atoms with Gasteiger partial charge in [-0.15, -0.1) is 0 Å². The van der Waals surface area contributed by atoms with Crippen LogP contribution < -0.4 is 5.56 Å². The van der Waals surface area contributed by atoms with Crippen molar-refractivity contribution in [1.29, 1.82) is 0 Å². The summed E-state index contributed by atoms with van der Waals surface area (Å²) in [7, 11) is 1.76. The molecule has 1 saturated heterocycles. The summed E-state index contributed by atoms with van der Waals surface area (Å²) < 4.78 is 3.16. The van der Waals surface area contributed by atoms with Crippen molar-refractivity contribution >= 4 is 5.91 Å². The van der Waals surface area contributed by atoms with Crippen molar-refractivity contribution in [3.8, 4) is 11.3 Å². The van der Waals surface area contributed by atoms with Gasteiger partial charge in [0.05, 0.1) is 11.7 Å². The maximum Gasteiger partial charge on any atom is 0.272 e. The molecule has 27 heavy (non-hydrogen) atoms. The molecule has 3 aromatic rings. The highest BCUT2D eigenvalue weighted by molar-refractivity contribution is 5.92. The molecule has 0 spiro atoms. The first-order valence-electron chi connectivity index (χ1n) is 9.06. The number of rotatable bonds is 3. The van der Waals surface area contributed by atoms with Gasteiger partial charge in [0.1, 0.15) is 5.69 Å². The molecule has 1 amide bonds. The highest BCUT2D eigenvalue weighted by atomic mass is 16.2. The Bertz CT molecular complexity index is 1000. The Kier molecular flexibility index (Phi) is 4.58. The van der Waals surface area contributed by atoms with Crippen molar-refractivity contribution in [2.24, 2.45) is 7.05 Å². The van der Waals surface area contributed by atoms with Crippen LogP contribution in [-0.2, 0) is 7.05 Å². The van der Waals surface area contributed by atoms with Gasteiger partial charge in [-0.25, -0.2) is 4.68 Å². The van der Waals surface area contributed by atoms with Gasteiger partial charge in [-0.2, -0.15) is 10.2 Å². The highest BCUT2D eigenvalue weighted by Crippen LogP contribution is 2.23. The minimum Gasteiger partial charge on any atom is -0.337 e. The molecule has 1 aromatic carbocycles. The molecule has 4 rings (SSSR count). The van der Waals surface area contributed by atoms with Crippen LogP contribution in [0.15, 0.2) is 59.5 Å². The molecule has 1 fully saturated rings. The zero-order chi connectivity index (χ0) is 18.8. The second kappa shape index (κ2) is 7.19. The van der Waals surface area contributed by atoms with E-state index in [9.17, 15) is 9.59 Å². The number of benzene rings is 1. The summed E-state index contributed by atoms with van der Waals surface area (Å²) in [6.45, 7) is 1.19. The summed E-state index contributed by atoms with van der Waals surface area (Å²) in [5.74, 6) is -0.0215. The number of amides is 1. The van der Waals surface area contributed by atoms with Gasteiger partial charge in [-0.05, 0) is 25.0 Å². The van der Waals surface area contributed by atoms with Gasteiger partial charge in [0.25, 0.3) is 11.5 Å². The van der Waals surface area contributed by atoms with Gasteiger partial charge >= 0.3 is 0 Å². The van der Waals surface area contributed by atoms with Crippen LogP contribution in [0.5, 0.6) is 0 Å². The van der Waals surface area contributed by atoms with Crippen LogP contribution in [-0.4, -0.2) is 43.5 Å². The van der Waals surface area contributed by atoms with E-state index < -0.39 is 0 Å². The zero-order valence-corrected chi connectivity index (χ0v) is 15.2. The maximum atomic E-state index is 12.6. The molecule has 7 heteroatoms. The smallest absolute Gasteiger partial charge is 0.272 e. The van der Waals surface area contributed by atoms with Crippen LogP contribution in [0, 0.1) is 0 Å². The molecule has 0 bridgehead atoms. The first-order valence-corrected chi connectivity index (χ1v) is 9.06. The molecule has 138 valence electrons. The van der Waals surface area contributed by atoms with Gasteiger partial charge in [0, 0.05) is 38.0 Å². The number of aromatic nitrogens is 4. The SMILES string of the molecule is Cn1nccc1C(=O)N1CCC(n2nc(-c3ccccc3)ccc2=O)CC1. The van der Waals surface area contributed by atoms with Crippen LogP contribution in [0.3, 0.4) is 0 Å². The Morgan fingerprint density at radius 1 is 1.04 bits per heavy atom. The lowest BCUT2D eigenvalue weighted by Crippen LogP contribution is -2.41. The minimum absolute atomic E-state index is 0.00301. The van der Waals surface area contributed by atoms with Crippen LogP contribution in [0.1, 0.15) is 29.4 Å². The first-order chi connectivity index (χ1) is 13.1. The van der Waals surface area contributed by atoms with E-state index in [-0.39, 0.29) is 17.5 Å². The van der Waals surface area contributed by atoms with Gasteiger partial charge in [-0.1, -0.05) is 30.3 Å². The summed E-state index contributed by atoms with van der Waals surface area (Å²) in [6.07, 6.45) is 3.03. The minimum atomic E-state index is -0.105. The first kappa shape index (κ1) is 17.2. The molecule has 7 nitrogen and oxygen atoms in total. The van der Waals surface area contributed by atoms with Gasteiger partial charge < -0.3 is 4.90 Å². The number of carbonyl (C=O) groups is 1. The summed E-state index contributed by atoms with van der Waals surface area (Å²) in [6, 6.07) is 14.9. The molecule has 0 unspecified atom stereocenters. The fraction of sp³-hybridized carbons (Fsp3) is 0.300. The van der Waals surface area contributed by atoms with Crippen molar-refractivity contribution in [1.82, 2.24) is 24.5 Å². The van der Waals surface area contributed by atoms with Gasteiger partial charge in [0.15, 0.2) is 0 Å². The van der Waals surface area contributed by atoms with Crippen molar-refractivity contribution in [3.05, 3.63) is 70.8 Å². The second-order valence-corrected chi connectivity index (χ2v) is 6.73. The molecule has 0 N–H and O–H groups in total. The molecular formula is C20H21N5O2. The van der Waals surface area contributed by atoms with E-state index >= 15 is 0 Å². The Morgan fingerprint density at radius 3 is 2.44 bits per heavy atom. The lowest BCUT2D eigenvalue weighted by Gasteiger charge is -2.32. The van der Waals surface area contributed by atoms with Gasteiger partial charge in [-0.3, -0.25) is 14.3 Å². The van der Waals surface area contributed by atoms with E-state index in [4.69, 9.17) is 0 Å². The zero-order valence-electron chi connectivity index (χ0n) is 15.2. The van der Waals surface area contributed by atoms with E-state index in [1.165, 1.54) is 0 Å². The van der Waals surface area contributed by atoms with E-state index in [0.717, 1.165) is 11.3 Å². The topological polar surface area (TPSA) is 73.0 Å². The fourth-order valence-corrected chi connectivity index (χ4v) is 3.51. The molecule has 1 aliphatic heterocycles. The average Bonchev–Trinajstić information content (AvgIpc) is 3.14. The Labute approximate surface area is 156 Å². The average molecular weight is 363 g/mol. The maximum absolute atomic E-state index is 12.6. The second-order valence-electron chi connectivity index (χ2n) is 6.73. The summed E-state index contributed by atoms with van der Waals surface area (Å²) >= 11 is 0. The third-order valence-electron chi connectivity index (χ3n) is 5.03. The van der Waals surface area contributed by atoms with Crippen LogP contribution >= 0.6 is 0 Å². The molecule has 0 aliphatic carbocycles. The van der Waals surface area contributed by atoms with Crippen LogP contribution in [0.4, 0.5) is 0 Å². The molecular weight excluding hydrogens is 342 g/mol. The molecule has 0 radical (unpaired) electrons. The van der Waals surface area contributed by atoms with Crippen LogP contribution in [0.25, 0.3) is 11.3 Å². The summed E-state index contributed by atoms with van der Waals surface area (Å²) in [5.41, 5.74) is 2.24. The largest absolute Gasteiger partial charge is 0.337 e. The molecule has 1 aliphatic rings. The fourth-order valence-electron chi connectivity index (χ4n) is 3.51. The molecule has 0 atom stereocenters. The van der Waals surface area contributed by atoms with Crippen molar-refractivity contribution in [3.63, 3.8) is 0 Å². The standard InChI is InChI=1S/C20H21N5O2/c1-23-18(9-12-21-23)20(27)24-13-10-16(11-14-24)25-19(26)8-7-17(22-25)15-5-3-2-4-6-15/h2-9,12,16H,10-11,13-14H2,1H3. The van der Waals surface area contributed by atoms with E-state index in [0.29, 0.717) is 31.6 Å². The van der Waals surface area contributed by atoms with E-state index in [2.05, 4.69) is 10.2 Å². The van der Waals surface area contributed by atoms with Crippen molar-refractivity contribution < 1.29 is 4.79 Å². The Balaban J connectivity index is 1.51. The predicted molar refractivity (Wildman–Crippen MR) is 101 cm³/mol. The third-order valence-corrected chi connectivity index (χ3v) is 5.03. The summed E-state index contributed by atoms with van der Waals surface area (Å²) in [4.78, 5) is 26.8. The van der Waals surface area contributed by atoms with Gasteiger partial charge in [0.2, 0.25) is 0 Å².